The van der Waals surface area contributed by atoms with E-state index in [1.54, 1.807) is 42.3 Å². The Kier molecular flexibility index (Phi) is 7.03. The summed E-state index contributed by atoms with van der Waals surface area (Å²) in [4.78, 5) is 39.4. The van der Waals surface area contributed by atoms with Crippen LogP contribution in [0.1, 0.15) is 30.1 Å². The Morgan fingerprint density at radius 1 is 1.03 bits per heavy atom. The summed E-state index contributed by atoms with van der Waals surface area (Å²) in [5, 5.41) is 7.56. The molecule has 0 radical (unpaired) electrons. The molecule has 8 heteroatoms. The smallest absolute Gasteiger partial charge is 0.254 e. The molecule has 1 aliphatic rings. The molecule has 0 aromatic heterocycles. The van der Waals surface area contributed by atoms with Crippen LogP contribution in [-0.2, 0) is 9.59 Å². The summed E-state index contributed by atoms with van der Waals surface area (Å²) in [5.74, 6) is -0.114. The number of benzene rings is 3. The van der Waals surface area contributed by atoms with Gasteiger partial charge >= 0.3 is 0 Å². The Labute approximate surface area is 203 Å². The fourth-order valence-corrected chi connectivity index (χ4v) is 4.54. The number of carbonyl (C=O) groups is 3. The van der Waals surface area contributed by atoms with Gasteiger partial charge in [0.05, 0.1) is 23.7 Å². The Morgan fingerprint density at radius 2 is 1.79 bits per heavy atom. The molecule has 1 heterocycles. The monoisotopic (exact) mass is 479 g/mol. The highest BCUT2D eigenvalue weighted by Gasteiger charge is 2.30. The molecule has 1 saturated heterocycles. The minimum absolute atomic E-state index is 0.0981. The fraction of sp³-hybridized carbons (Fsp3) is 0.269. The van der Waals surface area contributed by atoms with E-state index in [0.717, 1.165) is 17.2 Å². The van der Waals surface area contributed by atoms with Gasteiger partial charge in [0.1, 0.15) is 5.75 Å². The molecule has 2 N–H and O–H groups in total. The number of likely N-dealkylation sites (tertiary alicyclic amines) is 1. The number of piperidine rings is 1. The molecule has 3 amide bonds. The topological polar surface area (TPSA) is 87.7 Å². The van der Waals surface area contributed by atoms with Crippen molar-refractivity contribution < 1.29 is 19.1 Å². The Bertz CT molecular complexity index is 1260. The predicted octanol–water partition coefficient (Wildman–Crippen LogP) is 4.95. The van der Waals surface area contributed by atoms with E-state index in [1.807, 2.05) is 24.3 Å². The second-order valence-electron chi connectivity index (χ2n) is 8.32. The van der Waals surface area contributed by atoms with Crippen molar-refractivity contribution in [2.45, 2.75) is 19.8 Å². The molecule has 0 saturated carbocycles. The van der Waals surface area contributed by atoms with Crippen molar-refractivity contribution in [1.82, 2.24) is 4.90 Å². The number of methoxy groups -OCH3 is 1. The number of amides is 3. The summed E-state index contributed by atoms with van der Waals surface area (Å²) in [6, 6.07) is 16.2. The third kappa shape index (κ3) is 4.99. The van der Waals surface area contributed by atoms with Crippen LogP contribution in [0.3, 0.4) is 0 Å². The van der Waals surface area contributed by atoms with Crippen LogP contribution in [0.15, 0.2) is 54.6 Å². The molecule has 1 fully saturated rings. The van der Waals surface area contributed by atoms with Crippen molar-refractivity contribution in [3.05, 3.63) is 65.2 Å². The van der Waals surface area contributed by atoms with E-state index in [4.69, 9.17) is 16.3 Å². The van der Waals surface area contributed by atoms with Crippen LogP contribution < -0.4 is 15.4 Å². The van der Waals surface area contributed by atoms with Crippen LogP contribution in [-0.4, -0.2) is 42.8 Å². The van der Waals surface area contributed by atoms with E-state index in [1.165, 1.54) is 6.92 Å². The number of halogens is 1. The minimum atomic E-state index is -0.337. The van der Waals surface area contributed by atoms with Crippen LogP contribution in [0.2, 0.25) is 5.02 Å². The van der Waals surface area contributed by atoms with Crippen molar-refractivity contribution in [2.24, 2.45) is 5.92 Å². The van der Waals surface area contributed by atoms with Crippen LogP contribution in [0.4, 0.5) is 11.4 Å². The summed E-state index contributed by atoms with van der Waals surface area (Å²) in [6.45, 7) is 2.33. The van der Waals surface area contributed by atoms with E-state index in [-0.39, 0.29) is 23.6 Å². The van der Waals surface area contributed by atoms with Gasteiger partial charge in [-0.1, -0.05) is 35.9 Å². The summed E-state index contributed by atoms with van der Waals surface area (Å²) < 4.78 is 5.44. The molecule has 34 heavy (non-hydrogen) atoms. The lowest BCUT2D eigenvalue weighted by atomic mass is 9.95. The molecule has 3 aromatic rings. The lowest BCUT2D eigenvalue weighted by molar-refractivity contribution is -0.121. The number of nitrogens with zero attached hydrogens (tertiary/aromatic N) is 1. The van der Waals surface area contributed by atoms with Crippen molar-refractivity contribution in [2.75, 3.05) is 30.8 Å². The molecular weight excluding hydrogens is 454 g/mol. The minimum Gasteiger partial charge on any atom is -0.496 e. The number of hydrogen-bond acceptors (Lipinski definition) is 4. The Hall–Kier alpha value is -3.58. The van der Waals surface area contributed by atoms with E-state index < -0.39 is 0 Å². The van der Waals surface area contributed by atoms with E-state index in [2.05, 4.69) is 10.6 Å². The first kappa shape index (κ1) is 23.6. The Balaban J connectivity index is 1.48. The fourth-order valence-electron chi connectivity index (χ4n) is 4.31. The van der Waals surface area contributed by atoms with Gasteiger partial charge in [-0.05, 0) is 48.6 Å². The second kappa shape index (κ2) is 10.1. The molecule has 0 bridgehead atoms. The average Bonchev–Trinajstić information content (AvgIpc) is 2.84. The van der Waals surface area contributed by atoms with Crippen LogP contribution in [0, 0.1) is 5.92 Å². The normalized spacial score (nSPS) is 15.6. The summed E-state index contributed by atoms with van der Waals surface area (Å²) in [6.07, 6.45) is 1.43. The summed E-state index contributed by atoms with van der Waals surface area (Å²) in [5.41, 5.74) is 1.61. The number of nitrogens with one attached hydrogen (secondary N) is 2. The van der Waals surface area contributed by atoms with Gasteiger partial charge in [-0.15, -0.1) is 0 Å². The number of rotatable bonds is 5. The largest absolute Gasteiger partial charge is 0.496 e. The zero-order valence-electron chi connectivity index (χ0n) is 19.1. The van der Waals surface area contributed by atoms with Crippen molar-refractivity contribution >= 4 is 51.5 Å². The number of hydrogen-bond donors (Lipinski definition) is 2. The lowest BCUT2D eigenvalue weighted by Crippen LogP contribution is -2.43. The van der Waals surface area contributed by atoms with E-state index in [0.29, 0.717) is 47.2 Å². The van der Waals surface area contributed by atoms with Crippen molar-refractivity contribution in [1.29, 1.82) is 0 Å². The lowest BCUT2D eigenvalue weighted by Gasteiger charge is -2.32. The molecule has 0 unspecified atom stereocenters. The number of anilines is 2. The Morgan fingerprint density at radius 3 is 2.50 bits per heavy atom. The first-order valence-electron chi connectivity index (χ1n) is 11.1. The number of ether oxygens (including phenoxy) is 1. The van der Waals surface area contributed by atoms with Gasteiger partial charge < -0.3 is 20.3 Å². The summed E-state index contributed by atoms with van der Waals surface area (Å²) >= 11 is 6.22. The molecule has 4 rings (SSSR count). The van der Waals surface area contributed by atoms with Gasteiger partial charge in [-0.2, -0.15) is 0 Å². The van der Waals surface area contributed by atoms with Gasteiger partial charge in [0.25, 0.3) is 5.91 Å². The highest BCUT2D eigenvalue weighted by Crippen LogP contribution is 2.31. The quantitative estimate of drug-likeness (QED) is 0.542. The van der Waals surface area contributed by atoms with Crippen molar-refractivity contribution in [3.63, 3.8) is 0 Å². The van der Waals surface area contributed by atoms with Crippen LogP contribution in [0.25, 0.3) is 10.8 Å². The third-order valence-electron chi connectivity index (χ3n) is 5.96. The maximum Gasteiger partial charge on any atom is 0.254 e. The first-order valence-corrected chi connectivity index (χ1v) is 11.5. The van der Waals surface area contributed by atoms with Gasteiger partial charge in [0.2, 0.25) is 11.8 Å². The van der Waals surface area contributed by atoms with Gasteiger partial charge in [0.15, 0.2) is 0 Å². The molecule has 7 nitrogen and oxygen atoms in total. The maximum atomic E-state index is 13.4. The molecule has 1 atom stereocenters. The molecule has 0 aliphatic carbocycles. The van der Waals surface area contributed by atoms with E-state index in [9.17, 15) is 14.4 Å². The first-order chi connectivity index (χ1) is 16.4. The third-order valence-corrected chi connectivity index (χ3v) is 6.27. The van der Waals surface area contributed by atoms with Gasteiger partial charge in [-0.25, -0.2) is 0 Å². The number of fused-ring (bicyclic) bond motifs is 1. The molecule has 176 valence electrons. The highest BCUT2D eigenvalue weighted by atomic mass is 35.5. The maximum absolute atomic E-state index is 13.4. The molecular formula is C26H26ClN3O4. The average molecular weight is 480 g/mol. The highest BCUT2D eigenvalue weighted by molar-refractivity contribution is 6.34. The second-order valence-corrected chi connectivity index (χ2v) is 8.72. The molecule has 0 spiro atoms. The van der Waals surface area contributed by atoms with Crippen LogP contribution in [0.5, 0.6) is 5.75 Å². The zero-order chi connectivity index (χ0) is 24.2. The standard InChI is InChI=1S/C26H26ClN3O4/c1-16(31)28-23-11-9-18(14-22(23)27)29-25(32)17-6-5-13-30(15-17)26(33)21-10-12-24(34-2)20-8-4-3-7-19(20)21/h3-4,7-12,14,17H,5-6,13,15H2,1-2H3,(H,28,31)(H,29,32)/t17-/m1/s1. The SMILES string of the molecule is COc1ccc(C(=O)N2CCC[C@@H](C(=O)Nc3ccc(NC(C)=O)c(Cl)c3)C2)c2ccccc12. The van der Waals surface area contributed by atoms with E-state index >= 15 is 0 Å². The van der Waals surface area contributed by atoms with Gasteiger partial charge in [-0.3, -0.25) is 14.4 Å². The van der Waals surface area contributed by atoms with Gasteiger partial charge in [0, 0.05) is 36.7 Å². The molecule has 3 aromatic carbocycles. The predicted molar refractivity (Wildman–Crippen MR) is 134 cm³/mol. The molecule has 1 aliphatic heterocycles. The zero-order valence-corrected chi connectivity index (χ0v) is 19.8. The van der Waals surface area contributed by atoms with Crippen molar-refractivity contribution in [3.8, 4) is 5.75 Å². The number of carbonyl (C=O) groups excluding carboxylic acids is 3. The van der Waals surface area contributed by atoms with Crippen LogP contribution >= 0.6 is 11.6 Å². The summed E-state index contributed by atoms with van der Waals surface area (Å²) in [7, 11) is 1.61.